The van der Waals surface area contributed by atoms with Crippen LogP contribution in [0.3, 0.4) is 0 Å². The van der Waals surface area contributed by atoms with Crippen molar-refractivity contribution in [3.8, 4) is 11.1 Å². The van der Waals surface area contributed by atoms with Gasteiger partial charge in [0.25, 0.3) is 0 Å². The molecule has 2 atom stereocenters. The fourth-order valence-electron chi connectivity index (χ4n) is 6.15. The highest BCUT2D eigenvalue weighted by Crippen LogP contribution is 2.44. The van der Waals surface area contributed by atoms with E-state index in [0.29, 0.717) is 0 Å². The van der Waals surface area contributed by atoms with E-state index in [1.54, 1.807) is 0 Å². The molecule has 2 fully saturated rings. The van der Waals surface area contributed by atoms with Crippen LogP contribution in [0.4, 0.5) is 4.79 Å². The van der Waals surface area contributed by atoms with Gasteiger partial charge in [0, 0.05) is 18.0 Å². The predicted octanol–water partition coefficient (Wildman–Crippen LogP) is 5.99. The Morgan fingerprint density at radius 1 is 0.846 bits per heavy atom. The van der Waals surface area contributed by atoms with Crippen molar-refractivity contribution in [3.63, 3.8) is 0 Å². The largest absolute Gasteiger partial charge is 0.481 e. The summed E-state index contributed by atoms with van der Waals surface area (Å²) in [6, 6.07) is 17.1. The lowest BCUT2D eigenvalue weighted by Crippen LogP contribution is -2.42. The molecular formula is C32H44N2O5. The molecule has 7 nitrogen and oxygen atoms in total. The number of carbonyl (C=O) groups excluding carboxylic acids is 1. The smallest absolute Gasteiger partial charge is 0.407 e. The van der Waals surface area contributed by atoms with Crippen molar-refractivity contribution in [2.75, 3.05) is 6.61 Å². The number of aliphatic hydroxyl groups is 1. The number of carbonyl (C=O) groups is 2. The number of aliphatic carboxylic acids is 1. The maximum absolute atomic E-state index is 12.0. The van der Waals surface area contributed by atoms with Gasteiger partial charge < -0.3 is 25.6 Å². The van der Waals surface area contributed by atoms with Crippen LogP contribution in [0.15, 0.2) is 48.5 Å². The molecule has 7 heteroatoms. The van der Waals surface area contributed by atoms with Gasteiger partial charge in [0.15, 0.2) is 0 Å². The van der Waals surface area contributed by atoms with Crippen LogP contribution < -0.4 is 10.6 Å². The molecule has 3 aliphatic carbocycles. The van der Waals surface area contributed by atoms with Crippen molar-refractivity contribution in [1.29, 1.82) is 0 Å². The van der Waals surface area contributed by atoms with Gasteiger partial charge in [-0.3, -0.25) is 4.79 Å². The van der Waals surface area contributed by atoms with Gasteiger partial charge in [-0.25, -0.2) is 4.79 Å². The maximum Gasteiger partial charge on any atom is 0.407 e. The van der Waals surface area contributed by atoms with Crippen LogP contribution in [0.5, 0.6) is 0 Å². The third-order valence-electron chi connectivity index (χ3n) is 8.33. The van der Waals surface area contributed by atoms with Crippen LogP contribution in [0.1, 0.15) is 94.6 Å². The molecule has 2 aromatic carbocycles. The van der Waals surface area contributed by atoms with Gasteiger partial charge in [0.05, 0.1) is 18.6 Å². The Kier molecular flexibility index (Phi) is 10.8. The lowest BCUT2D eigenvalue weighted by molar-refractivity contribution is -0.139. The number of nitrogens with one attached hydrogen (secondary N) is 2. The van der Waals surface area contributed by atoms with Crippen LogP contribution in [0, 0.1) is 0 Å². The zero-order chi connectivity index (χ0) is 27.6. The van der Waals surface area contributed by atoms with E-state index < -0.39 is 30.6 Å². The number of amides is 1. The molecule has 3 aliphatic rings. The molecule has 4 N–H and O–H groups in total. The van der Waals surface area contributed by atoms with E-state index >= 15 is 0 Å². The number of aliphatic hydroxyl groups excluding tert-OH is 1. The minimum Gasteiger partial charge on any atom is -0.481 e. The second-order valence-electron chi connectivity index (χ2n) is 11.3. The summed E-state index contributed by atoms with van der Waals surface area (Å²) in [4.78, 5) is 22.7. The van der Waals surface area contributed by atoms with Crippen LogP contribution in [0.2, 0.25) is 0 Å². The molecule has 0 heterocycles. The third kappa shape index (κ3) is 8.29. The van der Waals surface area contributed by atoms with Gasteiger partial charge in [-0.2, -0.15) is 0 Å². The van der Waals surface area contributed by atoms with E-state index in [0.717, 1.165) is 34.3 Å². The molecule has 5 rings (SSSR count). The molecule has 2 aromatic rings. The van der Waals surface area contributed by atoms with E-state index in [1.165, 1.54) is 71.1 Å². The maximum atomic E-state index is 12.0. The first-order valence-electron chi connectivity index (χ1n) is 14.7. The molecule has 212 valence electrons. The summed E-state index contributed by atoms with van der Waals surface area (Å²) in [6.45, 7) is 1.71. The number of carboxylic acid groups (broad SMARTS) is 1. The topological polar surface area (TPSA) is 108 Å². The Morgan fingerprint density at radius 3 is 1.82 bits per heavy atom. The minimum absolute atomic E-state index is 0.0487. The average Bonchev–Trinajstić information content (AvgIpc) is 3.27. The SMILES string of the molecule is C1CCC(NC2CCCCC2)CC1.CC(NC(=O)OCC1c2ccccc2-c2ccccc21)[C@@H](O)CC(=O)O. The van der Waals surface area contributed by atoms with Crippen molar-refractivity contribution in [2.24, 2.45) is 0 Å². The molecular weight excluding hydrogens is 492 g/mol. The van der Waals surface area contributed by atoms with Crippen molar-refractivity contribution in [3.05, 3.63) is 59.7 Å². The van der Waals surface area contributed by atoms with Gasteiger partial charge in [-0.05, 0) is 54.9 Å². The number of fused-ring (bicyclic) bond motifs is 3. The summed E-state index contributed by atoms with van der Waals surface area (Å²) in [5.74, 6) is -1.17. The number of alkyl carbamates (subject to hydrolysis) is 1. The second-order valence-corrected chi connectivity index (χ2v) is 11.3. The number of hydrogen-bond donors (Lipinski definition) is 4. The van der Waals surface area contributed by atoms with Gasteiger partial charge in [-0.15, -0.1) is 0 Å². The summed E-state index contributed by atoms with van der Waals surface area (Å²) >= 11 is 0. The molecule has 0 radical (unpaired) electrons. The zero-order valence-electron chi connectivity index (χ0n) is 23.1. The summed E-state index contributed by atoms with van der Waals surface area (Å²) in [7, 11) is 0. The van der Waals surface area contributed by atoms with E-state index in [-0.39, 0.29) is 12.5 Å². The van der Waals surface area contributed by atoms with Crippen molar-refractivity contribution in [1.82, 2.24) is 10.6 Å². The quantitative estimate of drug-likeness (QED) is 0.330. The first kappa shape index (κ1) is 29.1. The Morgan fingerprint density at radius 2 is 1.33 bits per heavy atom. The number of ether oxygens (including phenoxy) is 1. The van der Waals surface area contributed by atoms with Gasteiger partial charge in [0.1, 0.15) is 6.61 Å². The van der Waals surface area contributed by atoms with E-state index in [4.69, 9.17) is 9.84 Å². The molecule has 0 spiro atoms. The lowest BCUT2D eigenvalue weighted by atomic mass is 9.91. The molecule has 0 aliphatic heterocycles. The molecule has 0 saturated heterocycles. The number of hydrogen-bond acceptors (Lipinski definition) is 5. The molecule has 0 aromatic heterocycles. The lowest BCUT2D eigenvalue weighted by Gasteiger charge is -2.30. The van der Waals surface area contributed by atoms with E-state index in [1.807, 2.05) is 36.4 Å². The Hall–Kier alpha value is -2.90. The third-order valence-corrected chi connectivity index (χ3v) is 8.33. The molecule has 1 unspecified atom stereocenters. The van der Waals surface area contributed by atoms with Crippen LogP contribution in [-0.4, -0.2) is 53.1 Å². The number of rotatable bonds is 8. The zero-order valence-corrected chi connectivity index (χ0v) is 23.1. The Bertz CT molecular complexity index is 1020. The second kappa shape index (κ2) is 14.5. The highest BCUT2D eigenvalue weighted by Gasteiger charge is 2.29. The first-order valence-corrected chi connectivity index (χ1v) is 14.7. The van der Waals surface area contributed by atoms with Crippen molar-refractivity contribution in [2.45, 2.75) is 108 Å². The van der Waals surface area contributed by atoms with Gasteiger partial charge in [0.2, 0.25) is 0 Å². The van der Waals surface area contributed by atoms with Crippen LogP contribution in [-0.2, 0) is 9.53 Å². The standard InChI is InChI=1S/C20H21NO5.C12H23N/c1-12(18(22)10-19(23)24)21-20(25)26-11-17-15-8-4-2-6-13(15)14-7-3-5-9-16(14)17;1-3-7-11(8-4-1)13-12-9-5-2-6-10-12/h2-9,12,17-18,22H,10-11H2,1H3,(H,21,25)(H,23,24);11-13H,1-10H2/t12?,18-;/m0./s1. The average molecular weight is 537 g/mol. The molecule has 0 bridgehead atoms. The van der Waals surface area contributed by atoms with Gasteiger partial charge in [-0.1, -0.05) is 87.1 Å². The van der Waals surface area contributed by atoms with Gasteiger partial charge >= 0.3 is 12.1 Å². The summed E-state index contributed by atoms with van der Waals surface area (Å²) < 4.78 is 5.36. The van der Waals surface area contributed by atoms with E-state index in [2.05, 4.69) is 22.8 Å². The van der Waals surface area contributed by atoms with Crippen LogP contribution in [0.25, 0.3) is 11.1 Å². The highest BCUT2D eigenvalue weighted by molar-refractivity contribution is 5.79. The highest BCUT2D eigenvalue weighted by atomic mass is 16.5. The number of benzene rings is 2. The fourth-order valence-corrected chi connectivity index (χ4v) is 6.15. The minimum atomic E-state index is -1.17. The van der Waals surface area contributed by atoms with Crippen LogP contribution >= 0.6 is 0 Å². The molecule has 2 saturated carbocycles. The summed E-state index contributed by atoms with van der Waals surface area (Å²) in [5, 5.41) is 24.8. The monoisotopic (exact) mass is 536 g/mol. The van der Waals surface area contributed by atoms with E-state index in [9.17, 15) is 14.7 Å². The first-order chi connectivity index (χ1) is 18.9. The predicted molar refractivity (Wildman–Crippen MR) is 153 cm³/mol. The Balaban J connectivity index is 0.000000226. The summed E-state index contributed by atoms with van der Waals surface area (Å²) in [5.41, 5.74) is 4.51. The Labute approximate surface area is 232 Å². The summed E-state index contributed by atoms with van der Waals surface area (Å²) in [6.07, 6.45) is 12.3. The normalized spacial score (nSPS) is 19.1. The molecule has 1 amide bonds. The molecule has 39 heavy (non-hydrogen) atoms. The van der Waals surface area contributed by atoms with Crippen molar-refractivity contribution >= 4 is 12.1 Å². The number of carboxylic acids is 1. The van der Waals surface area contributed by atoms with Crippen molar-refractivity contribution < 1.29 is 24.5 Å². The fraction of sp³-hybridized carbons (Fsp3) is 0.562.